The van der Waals surface area contributed by atoms with E-state index in [1.54, 1.807) is 19.2 Å². The van der Waals surface area contributed by atoms with Gasteiger partial charge in [0.05, 0.1) is 31.5 Å². The number of benzene rings is 1. The molecule has 134 valence electrons. The van der Waals surface area contributed by atoms with E-state index in [2.05, 4.69) is 10.2 Å². The summed E-state index contributed by atoms with van der Waals surface area (Å²) >= 11 is 0. The molecular formula is C18H28N2O4. The van der Waals surface area contributed by atoms with E-state index >= 15 is 0 Å². The number of aliphatic hydroxyl groups excluding tert-OH is 1. The molecule has 2 fully saturated rings. The lowest BCUT2D eigenvalue weighted by Gasteiger charge is -2.28. The fourth-order valence-electron chi connectivity index (χ4n) is 3.67. The standard InChI is InChI=1S/C18H28N2O4/c1-23-11-14-6-4-8-20(14)10-17-18(22)15(12-24-17)19-9-13-5-2-3-7-16(13)21/h2-3,5,7,14-15,17-19,21-22H,4,6,8-12H2,1H3/t14-,15+,17+,18-/m1/s1. The van der Waals surface area contributed by atoms with Gasteiger partial charge in [0, 0.05) is 31.8 Å². The van der Waals surface area contributed by atoms with Gasteiger partial charge >= 0.3 is 0 Å². The molecule has 2 heterocycles. The van der Waals surface area contributed by atoms with Crippen LogP contribution in [0.1, 0.15) is 18.4 Å². The number of phenols is 1. The number of para-hydroxylation sites is 1. The lowest BCUT2D eigenvalue weighted by atomic mass is 10.1. The Morgan fingerprint density at radius 2 is 2.21 bits per heavy atom. The summed E-state index contributed by atoms with van der Waals surface area (Å²) in [5.41, 5.74) is 0.827. The first kappa shape index (κ1) is 17.6. The average molecular weight is 336 g/mol. The van der Waals surface area contributed by atoms with Crippen LogP contribution >= 0.6 is 0 Å². The highest BCUT2D eigenvalue weighted by atomic mass is 16.5. The Morgan fingerprint density at radius 3 is 3.00 bits per heavy atom. The molecule has 3 rings (SSSR count). The maximum absolute atomic E-state index is 10.6. The van der Waals surface area contributed by atoms with Gasteiger partial charge in [0.2, 0.25) is 0 Å². The largest absolute Gasteiger partial charge is 0.508 e. The second-order valence-electron chi connectivity index (χ2n) is 6.72. The Morgan fingerprint density at radius 1 is 1.38 bits per heavy atom. The summed E-state index contributed by atoms with van der Waals surface area (Å²) in [6.07, 6.45) is 1.60. The fraction of sp³-hybridized carbons (Fsp3) is 0.667. The van der Waals surface area contributed by atoms with Gasteiger partial charge in [0.15, 0.2) is 0 Å². The molecular weight excluding hydrogens is 308 g/mol. The number of hydrogen-bond acceptors (Lipinski definition) is 6. The number of ether oxygens (including phenoxy) is 2. The Hall–Kier alpha value is -1.18. The summed E-state index contributed by atoms with van der Waals surface area (Å²) < 4.78 is 11.1. The van der Waals surface area contributed by atoms with Crippen molar-refractivity contribution < 1.29 is 19.7 Å². The molecule has 0 bridgehead atoms. The first-order valence-corrected chi connectivity index (χ1v) is 8.72. The first-order chi connectivity index (χ1) is 11.7. The maximum atomic E-state index is 10.6. The molecule has 3 N–H and O–H groups in total. The number of aromatic hydroxyl groups is 1. The number of aliphatic hydroxyl groups is 1. The summed E-state index contributed by atoms with van der Waals surface area (Å²) in [6, 6.07) is 7.56. The highest BCUT2D eigenvalue weighted by Gasteiger charge is 2.38. The predicted molar refractivity (Wildman–Crippen MR) is 91.0 cm³/mol. The Kier molecular flexibility index (Phi) is 6.08. The highest BCUT2D eigenvalue weighted by Crippen LogP contribution is 2.23. The van der Waals surface area contributed by atoms with Gasteiger partial charge < -0.3 is 25.0 Å². The molecule has 4 atom stereocenters. The summed E-state index contributed by atoms with van der Waals surface area (Å²) in [7, 11) is 1.73. The number of hydrogen-bond donors (Lipinski definition) is 3. The second kappa shape index (κ2) is 8.27. The van der Waals surface area contributed by atoms with Gasteiger partial charge in [0.1, 0.15) is 5.75 Å². The molecule has 2 saturated heterocycles. The number of phenolic OH excluding ortho intramolecular Hbond substituents is 1. The third kappa shape index (κ3) is 4.07. The van der Waals surface area contributed by atoms with Gasteiger partial charge in [-0.1, -0.05) is 18.2 Å². The average Bonchev–Trinajstić information content (AvgIpc) is 3.16. The van der Waals surface area contributed by atoms with Crippen molar-refractivity contribution >= 4 is 0 Å². The SMILES string of the molecule is COC[C@H]1CCCN1C[C@@H]1OC[C@H](NCc2ccccc2O)[C@H]1O. The molecule has 1 aromatic rings. The van der Waals surface area contributed by atoms with E-state index in [1.807, 2.05) is 12.1 Å². The number of nitrogens with zero attached hydrogens (tertiary/aromatic N) is 1. The molecule has 0 amide bonds. The zero-order chi connectivity index (χ0) is 16.9. The van der Waals surface area contributed by atoms with Crippen LogP contribution in [0.15, 0.2) is 24.3 Å². The van der Waals surface area contributed by atoms with Crippen LogP contribution in [-0.2, 0) is 16.0 Å². The Balaban J connectivity index is 1.49. The zero-order valence-corrected chi connectivity index (χ0v) is 14.2. The smallest absolute Gasteiger partial charge is 0.120 e. The van der Waals surface area contributed by atoms with Crippen molar-refractivity contribution in [3.8, 4) is 5.75 Å². The van der Waals surface area contributed by atoms with Gasteiger partial charge in [-0.05, 0) is 25.5 Å². The van der Waals surface area contributed by atoms with Gasteiger partial charge in [-0.15, -0.1) is 0 Å². The van der Waals surface area contributed by atoms with E-state index in [9.17, 15) is 10.2 Å². The summed E-state index contributed by atoms with van der Waals surface area (Å²) in [4.78, 5) is 2.36. The molecule has 0 unspecified atom stereocenters. The van der Waals surface area contributed by atoms with Gasteiger partial charge in [-0.25, -0.2) is 0 Å². The van der Waals surface area contributed by atoms with Crippen molar-refractivity contribution in [2.45, 2.75) is 43.7 Å². The normalized spacial score (nSPS) is 30.9. The molecule has 6 nitrogen and oxygen atoms in total. The van der Waals surface area contributed by atoms with E-state index in [0.29, 0.717) is 19.2 Å². The Labute approximate surface area is 143 Å². The molecule has 0 radical (unpaired) electrons. The van der Waals surface area contributed by atoms with Gasteiger partial charge in [-0.3, -0.25) is 4.90 Å². The van der Waals surface area contributed by atoms with Crippen LogP contribution in [-0.4, -0.2) is 72.8 Å². The van der Waals surface area contributed by atoms with Crippen LogP contribution in [0.2, 0.25) is 0 Å². The highest BCUT2D eigenvalue weighted by molar-refractivity contribution is 5.31. The van der Waals surface area contributed by atoms with Crippen LogP contribution in [0.25, 0.3) is 0 Å². The van der Waals surface area contributed by atoms with E-state index in [4.69, 9.17) is 9.47 Å². The van der Waals surface area contributed by atoms with Crippen LogP contribution in [0.4, 0.5) is 0 Å². The lowest BCUT2D eigenvalue weighted by molar-refractivity contribution is 0.00450. The third-order valence-corrected chi connectivity index (χ3v) is 5.10. The minimum Gasteiger partial charge on any atom is -0.508 e. The van der Waals surface area contributed by atoms with E-state index in [0.717, 1.165) is 31.7 Å². The molecule has 2 aliphatic rings. The molecule has 0 aliphatic carbocycles. The van der Waals surface area contributed by atoms with Crippen molar-refractivity contribution in [3.05, 3.63) is 29.8 Å². The first-order valence-electron chi connectivity index (χ1n) is 8.72. The Bertz CT molecular complexity index is 527. The quantitative estimate of drug-likeness (QED) is 0.681. The lowest BCUT2D eigenvalue weighted by Crippen LogP contribution is -2.46. The van der Waals surface area contributed by atoms with Crippen LogP contribution < -0.4 is 5.32 Å². The fourth-order valence-corrected chi connectivity index (χ4v) is 3.67. The monoisotopic (exact) mass is 336 g/mol. The number of likely N-dealkylation sites (tertiary alicyclic amines) is 1. The molecule has 0 saturated carbocycles. The van der Waals surface area contributed by atoms with Crippen molar-refractivity contribution in [2.75, 3.05) is 33.4 Å². The second-order valence-corrected chi connectivity index (χ2v) is 6.72. The van der Waals surface area contributed by atoms with Crippen LogP contribution in [0.3, 0.4) is 0 Å². The van der Waals surface area contributed by atoms with Crippen molar-refractivity contribution in [2.24, 2.45) is 0 Å². The van der Waals surface area contributed by atoms with Crippen LogP contribution in [0.5, 0.6) is 5.75 Å². The van der Waals surface area contributed by atoms with Crippen molar-refractivity contribution in [3.63, 3.8) is 0 Å². The zero-order valence-electron chi connectivity index (χ0n) is 14.2. The van der Waals surface area contributed by atoms with Crippen molar-refractivity contribution in [1.29, 1.82) is 0 Å². The number of rotatable bonds is 7. The van der Waals surface area contributed by atoms with Gasteiger partial charge in [0.25, 0.3) is 0 Å². The number of nitrogens with one attached hydrogen (secondary N) is 1. The summed E-state index contributed by atoms with van der Waals surface area (Å²) in [5, 5.41) is 23.7. The third-order valence-electron chi connectivity index (χ3n) is 5.10. The molecule has 1 aromatic carbocycles. The van der Waals surface area contributed by atoms with E-state index in [-0.39, 0.29) is 17.9 Å². The summed E-state index contributed by atoms with van der Waals surface area (Å²) in [5.74, 6) is 0.273. The molecule has 2 aliphatic heterocycles. The molecule has 24 heavy (non-hydrogen) atoms. The topological polar surface area (TPSA) is 74.2 Å². The predicted octanol–water partition coefficient (Wildman–Crippen LogP) is 0.721. The maximum Gasteiger partial charge on any atom is 0.120 e. The van der Waals surface area contributed by atoms with Gasteiger partial charge in [-0.2, -0.15) is 0 Å². The molecule has 0 spiro atoms. The van der Waals surface area contributed by atoms with Crippen molar-refractivity contribution in [1.82, 2.24) is 10.2 Å². The minimum absolute atomic E-state index is 0.113. The molecule has 0 aromatic heterocycles. The van der Waals surface area contributed by atoms with E-state index in [1.165, 1.54) is 6.42 Å². The van der Waals surface area contributed by atoms with Crippen LogP contribution in [0, 0.1) is 0 Å². The molecule has 6 heteroatoms. The summed E-state index contributed by atoms with van der Waals surface area (Å²) in [6.45, 7) is 3.51. The number of methoxy groups -OCH3 is 1. The van der Waals surface area contributed by atoms with E-state index < -0.39 is 6.10 Å². The minimum atomic E-state index is -0.542.